The lowest BCUT2D eigenvalue weighted by molar-refractivity contribution is -0.384. The molecule has 0 radical (unpaired) electrons. The molecule has 10 nitrogen and oxygen atoms in total. The van der Waals surface area contributed by atoms with Crippen molar-refractivity contribution in [2.24, 2.45) is 4.99 Å². The molecule has 2 aromatic heterocycles. The number of benzene rings is 3. The predicted octanol–water partition coefficient (Wildman–Crippen LogP) is 5.74. The molecule has 1 amide bonds. The molecule has 0 bridgehead atoms. The third kappa shape index (κ3) is 5.22. The maximum absolute atomic E-state index is 14.3. The van der Waals surface area contributed by atoms with Gasteiger partial charge in [0.2, 0.25) is 0 Å². The van der Waals surface area contributed by atoms with E-state index in [1.165, 1.54) is 23.5 Å². The van der Waals surface area contributed by atoms with Crippen LogP contribution in [0.4, 0.5) is 5.69 Å². The van der Waals surface area contributed by atoms with Crippen LogP contribution in [0.2, 0.25) is 0 Å². The molecule has 11 heteroatoms. The normalized spacial score (nSPS) is 14.7. The molecule has 3 heterocycles. The summed E-state index contributed by atoms with van der Waals surface area (Å²) in [6.07, 6.45) is 1.66. The fraction of sp³-hybridized carbons (Fsp3) is 0.229. The van der Waals surface area contributed by atoms with Gasteiger partial charge < -0.3 is 14.1 Å². The van der Waals surface area contributed by atoms with Crippen LogP contribution in [0.5, 0.6) is 5.75 Å². The van der Waals surface area contributed by atoms with Gasteiger partial charge in [0.15, 0.2) is 4.80 Å². The largest absolute Gasteiger partial charge is 0.496 e. The van der Waals surface area contributed by atoms with E-state index < -0.39 is 11.0 Å². The molecule has 234 valence electrons. The van der Waals surface area contributed by atoms with E-state index in [2.05, 4.69) is 0 Å². The van der Waals surface area contributed by atoms with Crippen molar-refractivity contribution >= 4 is 39.8 Å². The van der Waals surface area contributed by atoms with Gasteiger partial charge in [-0.1, -0.05) is 41.7 Å². The SMILES string of the molecule is CCN(CC)C(=O)C1=C(C)N=c2s/c(=C/c3ccc(-c4ccc([N+](=O)[O-])cc4C)o3)c(=O)n2[C@@H]1c1c(OC)ccc2ccccc12. The highest BCUT2D eigenvalue weighted by Gasteiger charge is 2.36. The molecule has 1 aliphatic heterocycles. The Hall–Kier alpha value is -5.29. The van der Waals surface area contributed by atoms with Crippen molar-refractivity contribution < 1.29 is 18.9 Å². The molecule has 1 atom stereocenters. The molecule has 0 spiro atoms. The van der Waals surface area contributed by atoms with Crippen LogP contribution in [-0.4, -0.2) is 40.5 Å². The number of thiazole rings is 1. The maximum Gasteiger partial charge on any atom is 0.271 e. The standard InChI is InChI=1S/C35H32N4O6S/c1-6-37(7-2)34(41)30-21(4)36-35-38(32(30)31-26-11-9-8-10-22(26)12-16-28(31)44-5)33(40)29(46-35)19-24-14-17-27(45-24)25-15-13-23(39(42)43)18-20(25)3/h8-19,32H,6-7H2,1-5H3/b29-19+/t32-/m0/s1. The van der Waals surface area contributed by atoms with Gasteiger partial charge in [-0.15, -0.1) is 0 Å². The molecular formula is C35H32N4O6S. The summed E-state index contributed by atoms with van der Waals surface area (Å²) in [5.74, 6) is 1.34. The molecule has 0 saturated heterocycles. The second-order valence-corrected chi connectivity index (χ2v) is 11.9. The fourth-order valence-corrected chi connectivity index (χ4v) is 7.05. The van der Waals surface area contributed by atoms with E-state index in [9.17, 15) is 19.7 Å². The average Bonchev–Trinajstić information content (AvgIpc) is 3.63. The summed E-state index contributed by atoms with van der Waals surface area (Å²) in [4.78, 5) is 46.2. The number of hydrogen-bond acceptors (Lipinski definition) is 8. The number of aromatic nitrogens is 1. The van der Waals surface area contributed by atoms with Crippen LogP contribution < -0.4 is 19.6 Å². The summed E-state index contributed by atoms with van der Waals surface area (Å²) in [7, 11) is 1.58. The number of furan rings is 1. The number of likely N-dealkylation sites (N-methyl/N-ethyl adjacent to an activating group) is 1. The molecule has 3 aromatic carbocycles. The lowest BCUT2D eigenvalue weighted by Crippen LogP contribution is -2.43. The number of hydrogen-bond donors (Lipinski definition) is 0. The number of methoxy groups -OCH3 is 1. The minimum absolute atomic E-state index is 0.000608. The van der Waals surface area contributed by atoms with Crippen molar-refractivity contribution in [1.82, 2.24) is 9.47 Å². The molecule has 1 aliphatic rings. The smallest absolute Gasteiger partial charge is 0.271 e. The van der Waals surface area contributed by atoms with Crippen LogP contribution in [0, 0.1) is 17.0 Å². The van der Waals surface area contributed by atoms with Crippen LogP contribution in [0.25, 0.3) is 28.2 Å². The number of allylic oxidation sites excluding steroid dienone is 1. The Morgan fingerprint density at radius 1 is 1.11 bits per heavy atom. The quantitative estimate of drug-likeness (QED) is 0.158. The average molecular weight is 637 g/mol. The molecule has 0 N–H and O–H groups in total. The summed E-state index contributed by atoms with van der Waals surface area (Å²) in [6, 6.07) is 19.0. The molecule has 0 aliphatic carbocycles. The van der Waals surface area contributed by atoms with Gasteiger partial charge in [0.1, 0.15) is 23.3 Å². The number of ether oxygens (including phenoxy) is 1. The summed E-state index contributed by atoms with van der Waals surface area (Å²) < 4.78 is 13.9. The van der Waals surface area contributed by atoms with Crippen LogP contribution in [0.1, 0.15) is 43.7 Å². The molecular weight excluding hydrogens is 604 g/mol. The Bertz CT molecular complexity index is 2240. The van der Waals surface area contributed by atoms with E-state index in [1.54, 1.807) is 47.8 Å². The van der Waals surface area contributed by atoms with E-state index in [0.717, 1.165) is 10.8 Å². The van der Waals surface area contributed by atoms with Gasteiger partial charge in [-0.05, 0) is 68.3 Å². The monoisotopic (exact) mass is 636 g/mol. The number of nitrogens with zero attached hydrogens (tertiary/aromatic N) is 4. The first-order valence-corrected chi connectivity index (χ1v) is 15.7. The molecule has 46 heavy (non-hydrogen) atoms. The number of fused-ring (bicyclic) bond motifs is 2. The van der Waals surface area contributed by atoms with Gasteiger partial charge in [-0.2, -0.15) is 0 Å². The summed E-state index contributed by atoms with van der Waals surface area (Å²) in [5.41, 5.74) is 2.77. The van der Waals surface area contributed by atoms with Crippen molar-refractivity contribution in [1.29, 1.82) is 0 Å². The predicted molar refractivity (Wildman–Crippen MR) is 178 cm³/mol. The first-order chi connectivity index (χ1) is 22.2. The summed E-state index contributed by atoms with van der Waals surface area (Å²) in [5, 5.41) is 13.0. The highest BCUT2D eigenvalue weighted by molar-refractivity contribution is 7.07. The fourth-order valence-electron chi connectivity index (χ4n) is 6.03. The second kappa shape index (κ2) is 12.2. The van der Waals surface area contributed by atoms with E-state index in [1.807, 2.05) is 57.2 Å². The number of amides is 1. The third-order valence-corrected chi connectivity index (χ3v) is 9.30. The van der Waals surface area contributed by atoms with E-state index in [4.69, 9.17) is 14.1 Å². The summed E-state index contributed by atoms with van der Waals surface area (Å²) in [6.45, 7) is 8.45. The third-order valence-electron chi connectivity index (χ3n) is 8.31. The molecule has 0 unspecified atom stereocenters. The van der Waals surface area contributed by atoms with E-state index in [-0.39, 0.29) is 17.2 Å². The molecule has 6 rings (SSSR count). The Kier molecular flexibility index (Phi) is 8.18. The van der Waals surface area contributed by atoms with Crippen molar-refractivity contribution in [2.45, 2.75) is 33.7 Å². The van der Waals surface area contributed by atoms with Crippen LogP contribution in [0.15, 0.2) is 92.2 Å². The molecule has 0 saturated carbocycles. The number of nitro benzene ring substituents is 1. The van der Waals surface area contributed by atoms with Crippen molar-refractivity contribution in [2.75, 3.05) is 20.2 Å². The number of nitro groups is 1. The number of non-ortho nitro benzene ring substituents is 1. The second-order valence-electron chi connectivity index (χ2n) is 10.9. The van der Waals surface area contributed by atoms with Gasteiger partial charge in [-0.25, -0.2) is 4.99 Å². The van der Waals surface area contributed by atoms with Crippen LogP contribution in [-0.2, 0) is 4.79 Å². The number of carbonyl (C=O) groups excluding carboxylic acids is 1. The minimum Gasteiger partial charge on any atom is -0.496 e. The van der Waals surface area contributed by atoms with Gasteiger partial charge in [-0.3, -0.25) is 24.3 Å². The van der Waals surface area contributed by atoms with Gasteiger partial charge in [0.25, 0.3) is 17.2 Å². The lowest BCUT2D eigenvalue weighted by Gasteiger charge is -2.30. The Labute approximate surface area is 268 Å². The van der Waals surface area contributed by atoms with Gasteiger partial charge >= 0.3 is 0 Å². The number of aryl methyl sites for hydroxylation is 1. The Morgan fingerprint density at radius 3 is 2.57 bits per heavy atom. The zero-order valence-electron chi connectivity index (χ0n) is 26.1. The highest BCUT2D eigenvalue weighted by atomic mass is 32.1. The Balaban J connectivity index is 1.55. The number of rotatable bonds is 8. The van der Waals surface area contributed by atoms with Gasteiger partial charge in [0, 0.05) is 42.4 Å². The lowest BCUT2D eigenvalue weighted by atomic mass is 9.90. The van der Waals surface area contributed by atoms with Gasteiger partial charge in [0.05, 0.1) is 27.8 Å². The maximum atomic E-state index is 14.3. The van der Waals surface area contributed by atoms with Crippen molar-refractivity contribution in [3.8, 4) is 17.1 Å². The number of carbonyl (C=O) groups is 1. The van der Waals surface area contributed by atoms with Crippen LogP contribution in [0.3, 0.4) is 0 Å². The van der Waals surface area contributed by atoms with Crippen molar-refractivity contribution in [3.05, 3.63) is 125 Å². The van der Waals surface area contributed by atoms with Crippen LogP contribution >= 0.6 is 11.3 Å². The molecule has 5 aromatic rings. The summed E-state index contributed by atoms with van der Waals surface area (Å²) >= 11 is 1.22. The zero-order valence-corrected chi connectivity index (χ0v) is 26.9. The van der Waals surface area contributed by atoms with E-state index in [0.29, 0.717) is 67.7 Å². The first-order valence-electron chi connectivity index (χ1n) is 14.9. The topological polar surface area (TPSA) is 120 Å². The van der Waals surface area contributed by atoms with Crippen molar-refractivity contribution in [3.63, 3.8) is 0 Å². The zero-order chi connectivity index (χ0) is 32.7. The molecule has 0 fully saturated rings. The Morgan fingerprint density at radius 2 is 1.87 bits per heavy atom. The van der Waals surface area contributed by atoms with E-state index >= 15 is 0 Å². The first kappa shape index (κ1) is 30.7. The highest BCUT2D eigenvalue weighted by Crippen LogP contribution is 2.40. The minimum atomic E-state index is -0.789.